The van der Waals surface area contributed by atoms with Gasteiger partial charge in [-0.2, -0.15) is 0 Å². The second-order valence-electron chi connectivity index (χ2n) is 5.64. The van der Waals surface area contributed by atoms with E-state index in [0.717, 1.165) is 30.8 Å². The molecule has 1 aromatic rings. The zero-order valence-electron chi connectivity index (χ0n) is 13.5. The van der Waals surface area contributed by atoms with E-state index in [0.29, 0.717) is 18.1 Å². The van der Waals surface area contributed by atoms with E-state index >= 15 is 0 Å². The third-order valence-corrected chi connectivity index (χ3v) is 4.67. The Labute approximate surface area is 141 Å². The molecule has 1 aliphatic rings. The Morgan fingerprint density at radius 2 is 2.35 bits per heavy atom. The van der Waals surface area contributed by atoms with Crippen molar-refractivity contribution in [2.24, 2.45) is 5.92 Å². The van der Waals surface area contributed by atoms with Crippen LogP contribution in [0.15, 0.2) is 30.9 Å². The van der Waals surface area contributed by atoms with Gasteiger partial charge in [-0.05, 0) is 31.9 Å². The first-order valence-electron chi connectivity index (χ1n) is 7.81. The van der Waals surface area contributed by atoms with Gasteiger partial charge in [0.2, 0.25) is 11.8 Å². The highest BCUT2D eigenvalue weighted by Crippen LogP contribution is 2.19. The SMILES string of the molecule is C=CCSCC(=O)N1CCCC(C(=O)Nc2cccc(C)n2)C1. The summed E-state index contributed by atoms with van der Waals surface area (Å²) in [4.78, 5) is 30.7. The third kappa shape index (κ3) is 5.39. The molecule has 1 saturated heterocycles. The minimum Gasteiger partial charge on any atom is -0.341 e. The molecule has 0 aliphatic carbocycles. The zero-order valence-corrected chi connectivity index (χ0v) is 14.3. The van der Waals surface area contributed by atoms with E-state index in [1.54, 1.807) is 28.8 Å². The van der Waals surface area contributed by atoms with Crippen molar-refractivity contribution in [1.82, 2.24) is 9.88 Å². The maximum absolute atomic E-state index is 12.4. The predicted octanol–water partition coefficient (Wildman–Crippen LogP) is 2.49. The van der Waals surface area contributed by atoms with Crippen LogP contribution in [0.5, 0.6) is 0 Å². The van der Waals surface area contributed by atoms with Crippen LogP contribution >= 0.6 is 11.8 Å². The number of carbonyl (C=O) groups excluding carboxylic acids is 2. The zero-order chi connectivity index (χ0) is 16.7. The molecule has 0 spiro atoms. The van der Waals surface area contributed by atoms with Crippen LogP contribution in [0.2, 0.25) is 0 Å². The molecule has 1 atom stereocenters. The van der Waals surface area contributed by atoms with E-state index in [1.807, 2.05) is 19.1 Å². The molecule has 1 aromatic heterocycles. The van der Waals surface area contributed by atoms with Gasteiger partial charge in [-0.15, -0.1) is 18.3 Å². The number of carbonyl (C=O) groups is 2. The van der Waals surface area contributed by atoms with Crippen molar-refractivity contribution in [2.45, 2.75) is 19.8 Å². The summed E-state index contributed by atoms with van der Waals surface area (Å²) in [5, 5.41) is 2.86. The summed E-state index contributed by atoms with van der Waals surface area (Å²) in [6.07, 6.45) is 3.46. The number of piperidine rings is 1. The van der Waals surface area contributed by atoms with Crippen molar-refractivity contribution >= 4 is 29.4 Å². The van der Waals surface area contributed by atoms with Gasteiger partial charge >= 0.3 is 0 Å². The smallest absolute Gasteiger partial charge is 0.232 e. The van der Waals surface area contributed by atoms with Crippen molar-refractivity contribution in [1.29, 1.82) is 0 Å². The van der Waals surface area contributed by atoms with Gasteiger partial charge in [0.25, 0.3) is 0 Å². The van der Waals surface area contributed by atoms with Crippen LogP contribution in [0.1, 0.15) is 18.5 Å². The largest absolute Gasteiger partial charge is 0.341 e. The van der Waals surface area contributed by atoms with Gasteiger partial charge in [-0.1, -0.05) is 12.1 Å². The molecule has 124 valence electrons. The predicted molar refractivity (Wildman–Crippen MR) is 94.4 cm³/mol. The van der Waals surface area contributed by atoms with Gasteiger partial charge in [-0.3, -0.25) is 9.59 Å². The first kappa shape index (κ1) is 17.5. The Hall–Kier alpha value is -1.82. The molecule has 0 bridgehead atoms. The Kier molecular flexibility index (Phi) is 6.65. The maximum Gasteiger partial charge on any atom is 0.232 e. The van der Waals surface area contributed by atoms with Crippen LogP contribution in [0.25, 0.3) is 0 Å². The normalized spacial score (nSPS) is 17.6. The fourth-order valence-corrected chi connectivity index (χ4v) is 3.22. The minimum atomic E-state index is -0.167. The first-order chi connectivity index (χ1) is 11.1. The Morgan fingerprint density at radius 3 is 3.09 bits per heavy atom. The van der Waals surface area contributed by atoms with E-state index in [4.69, 9.17) is 0 Å². The van der Waals surface area contributed by atoms with Gasteiger partial charge in [0, 0.05) is 24.5 Å². The molecule has 2 amide bonds. The quantitative estimate of drug-likeness (QED) is 0.642. The number of aryl methyl sites for hydroxylation is 1. The lowest BCUT2D eigenvalue weighted by atomic mass is 9.97. The van der Waals surface area contributed by atoms with E-state index in [1.165, 1.54) is 0 Å². The summed E-state index contributed by atoms with van der Waals surface area (Å²) in [6, 6.07) is 5.53. The first-order valence-corrected chi connectivity index (χ1v) is 8.96. The van der Waals surface area contributed by atoms with Gasteiger partial charge in [0.05, 0.1) is 11.7 Å². The second kappa shape index (κ2) is 8.72. The molecule has 5 nitrogen and oxygen atoms in total. The summed E-state index contributed by atoms with van der Waals surface area (Å²) in [5.74, 6) is 1.66. The average molecular weight is 333 g/mol. The van der Waals surface area contributed by atoms with E-state index in [2.05, 4.69) is 16.9 Å². The summed E-state index contributed by atoms with van der Waals surface area (Å²) < 4.78 is 0. The highest BCUT2D eigenvalue weighted by Gasteiger charge is 2.28. The standard InChI is InChI=1S/C17H23N3O2S/c1-3-10-23-12-16(21)20-9-5-7-14(11-20)17(22)19-15-8-4-6-13(2)18-15/h3-4,6,8,14H,1,5,7,9-12H2,2H3,(H,18,19,22). The molecule has 1 fully saturated rings. The lowest BCUT2D eigenvalue weighted by Crippen LogP contribution is -2.44. The lowest BCUT2D eigenvalue weighted by Gasteiger charge is -2.32. The molecular formula is C17H23N3O2S. The third-order valence-electron chi connectivity index (χ3n) is 3.75. The Balaban J connectivity index is 1.88. The van der Waals surface area contributed by atoms with Crippen LogP contribution in [-0.4, -0.2) is 46.3 Å². The molecule has 1 aliphatic heterocycles. The number of pyridine rings is 1. The number of aromatic nitrogens is 1. The van der Waals surface area contributed by atoms with E-state index in [9.17, 15) is 9.59 Å². The van der Waals surface area contributed by atoms with E-state index in [-0.39, 0.29) is 17.7 Å². The molecule has 0 aromatic carbocycles. The van der Waals surface area contributed by atoms with Gasteiger partial charge < -0.3 is 10.2 Å². The van der Waals surface area contributed by atoms with Crippen LogP contribution in [0, 0.1) is 12.8 Å². The number of hydrogen-bond donors (Lipinski definition) is 1. The lowest BCUT2D eigenvalue weighted by molar-refractivity contribution is -0.132. The fourth-order valence-electron chi connectivity index (χ4n) is 2.58. The van der Waals surface area contributed by atoms with Crippen LogP contribution in [0.4, 0.5) is 5.82 Å². The van der Waals surface area contributed by atoms with Crippen molar-refractivity contribution in [3.8, 4) is 0 Å². The minimum absolute atomic E-state index is 0.0562. The Bertz CT molecular complexity index is 577. The summed E-state index contributed by atoms with van der Waals surface area (Å²) in [6.45, 7) is 6.76. The highest BCUT2D eigenvalue weighted by atomic mass is 32.2. The van der Waals surface area contributed by atoms with Crippen LogP contribution < -0.4 is 5.32 Å². The van der Waals surface area contributed by atoms with Crippen LogP contribution in [-0.2, 0) is 9.59 Å². The number of anilines is 1. The maximum atomic E-state index is 12.4. The summed E-state index contributed by atoms with van der Waals surface area (Å²) in [7, 11) is 0. The summed E-state index contributed by atoms with van der Waals surface area (Å²) >= 11 is 1.55. The van der Waals surface area contributed by atoms with Crippen molar-refractivity contribution in [3.05, 3.63) is 36.5 Å². The molecule has 0 radical (unpaired) electrons. The Morgan fingerprint density at radius 1 is 1.52 bits per heavy atom. The van der Waals surface area contributed by atoms with Crippen molar-refractivity contribution in [2.75, 3.05) is 29.9 Å². The van der Waals surface area contributed by atoms with Gasteiger partial charge in [0.15, 0.2) is 0 Å². The fraction of sp³-hybridized carbons (Fsp3) is 0.471. The van der Waals surface area contributed by atoms with Gasteiger partial charge in [-0.25, -0.2) is 4.98 Å². The molecule has 23 heavy (non-hydrogen) atoms. The van der Waals surface area contributed by atoms with Gasteiger partial charge in [0.1, 0.15) is 5.82 Å². The number of hydrogen-bond acceptors (Lipinski definition) is 4. The molecule has 2 rings (SSSR count). The number of nitrogens with one attached hydrogen (secondary N) is 1. The second-order valence-corrected chi connectivity index (χ2v) is 6.67. The molecule has 6 heteroatoms. The monoisotopic (exact) mass is 333 g/mol. The van der Waals surface area contributed by atoms with Crippen molar-refractivity contribution < 1.29 is 9.59 Å². The van der Waals surface area contributed by atoms with Crippen LogP contribution in [0.3, 0.4) is 0 Å². The van der Waals surface area contributed by atoms with E-state index < -0.39 is 0 Å². The molecule has 1 N–H and O–H groups in total. The summed E-state index contributed by atoms with van der Waals surface area (Å²) in [5.41, 5.74) is 0.863. The highest BCUT2D eigenvalue weighted by molar-refractivity contribution is 8.00. The molecule has 0 saturated carbocycles. The topological polar surface area (TPSA) is 62.3 Å². The molecule has 1 unspecified atom stereocenters. The van der Waals surface area contributed by atoms with Crippen molar-refractivity contribution in [3.63, 3.8) is 0 Å². The number of amides is 2. The number of likely N-dealkylation sites (tertiary alicyclic amines) is 1. The number of nitrogens with zero attached hydrogens (tertiary/aromatic N) is 2. The number of rotatable bonds is 6. The molecule has 2 heterocycles. The average Bonchev–Trinajstić information content (AvgIpc) is 2.55. The molecular weight excluding hydrogens is 310 g/mol. The number of thioether (sulfide) groups is 1.